The van der Waals surface area contributed by atoms with Gasteiger partial charge < -0.3 is 9.84 Å². The molecule has 0 radical (unpaired) electrons. The lowest BCUT2D eigenvalue weighted by atomic mass is 9.84. The van der Waals surface area contributed by atoms with E-state index in [4.69, 9.17) is 4.74 Å². The van der Waals surface area contributed by atoms with Crippen LogP contribution in [0.15, 0.2) is 12.4 Å². The van der Waals surface area contributed by atoms with Gasteiger partial charge in [0.05, 0.1) is 18.4 Å². The standard InChI is InChI=1S/C11H18N2O2/c1-3-13-7-10(6-12-13)11(2,14)9-4-5-15-8-9/h6-7,9,14H,3-5,8H2,1-2H3. The molecule has 1 N–H and O–H groups in total. The molecule has 1 saturated heterocycles. The Morgan fingerprint density at radius 1 is 1.73 bits per heavy atom. The minimum absolute atomic E-state index is 0.187. The van der Waals surface area contributed by atoms with Crippen molar-refractivity contribution >= 4 is 0 Å². The quantitative estimate of drug-likeness (QED) is 0.814. The van der Waals surface area contributed by atoms with Crippen molar-refractivity contribution in [3.63, 3.8) is 0 Å². The smallest absolute Gasteiger partial charge is 0.0949 e. The molecule has 0 aromatic carbocycles. The van der Waals surface area contributed by atoms with Crippen LogP contribution in [-0.4, -0.2) is 28.1 Å². The van der Waals surface area contributed by atoms with E-state index in [1.807, 2.05) is 24.7 Å². The van der Waals surface area contributed by atoms with Crippen molar-refractivity contribution in [3.05, 3.63) is 18.0 Å². The van der Waals surface area contributed by atoms with Gasteiger partial charge in [0.1, 0.15) is 0 Å². The molecule has 15 heavy (non-hydrogen) atoms. The van der Waals surface area contributed by atoms with E-state index in [2.05, 4.69) is 5.10 Å². The molecule has 0 bridgehead atoms. The number of aryl methyl sites for hydroxylation is 1. The highest BCUT2D eigenvalue weighted by molar-refractivity contribution is 5.16. The Hall–Kier alpha value is -0.870. The fraction of sp³-hybridized carbons (Fsp3) is 0.727. The fourth-order valence-electron chi connectivity index (χ4n) is 2.01. The summed E-state index contributed by atoms with van der Waals surface area (Å²) < 4.78 is 7.14. The third-order valence-corrected chi connectivity index (χ3v) is 3.27. The average molecular weight is 210 g/mol. The van der Waals surface area contributed by atoms with Crippen molar-refractivity contribution in [1.29, 1.82) is 0 Å². The Labute approximate surface area is 89.9 Å². The number of nitrogens with zero attached hydrogens (tertiary/aromatic N) is 2. The van der Waals surface area contributed by atoms with Gasteiger partial charge >= 0.3 is 0 Å². The predicted molar refractivity (Wildman–Crippen MR) is 56.4 cm³/mol. The number of ether oxygens (including phenoxy) is 1. The summed E-state index contributed by atoms with van der Waals surface area (Å²) in [5.41, 5.74) is 0.0732. The van der Waals surface area contributed by atoms with E-state index in [9.17, 15) is 5.11 Å². The van der Waals surface area contributed by atoms with Crippen LogP contribution in [0.3, 0.4) is 0 Å². The molecule has 2 heterocycles. The molecule has 1 fully saturated rings. The average Bonchev–Trinajstić information content (AvgIpc) is 2.89. The molecule has 0 spiro atoms. The summed E-state index contributed by atoms with van der Waals surface area (Å²) >= 11 is 0. The SMILES string of the molecule is CCn1cc(C(C)(O)C2CCOC2)cn1. The van der Waals surface area contributed by atoms with Crippen LogP contribution in [0.5, 0.6) is 0 Å². The third-order valence-electron chi connectivity index (χ3n) is 3.27. The number of hydrogen-bond donors (Lipinski definition) is 1. The maximum atomic E-state index is 10.5. The maximum Gasteiger partial charge on any atom is 0.0949 e. The Morgan fingerprint density at radius 2 is 2.53 bits per heavy atom. The Kier molecular flexibility index (Phi) is 2.80. The Bertz CT molecular complexity index is 327. The van der Waals surface area contributed by atoms with Gasteiger partial charge in [-0.25, -0.2) is 0 Å². The maximum absolute atomic E-state index is 10.5. The first-order valence-corrected chi connectivity index (χ1v) is 5.47. The van der Waals surface area contributed by atoms with E-state index in [0.717, 1.165) is 25.1 Å². The summed E-state index contributed by atoms with van der Waals surface area (Å²) in [4.78, 5) is 0. The van der Waals surface area contributed by atoms with Gasteiger partial charge in [0, 0.05) is 30.8 Å². The molecule has 1 aromatic heterocycles. The van der Waals surface area contributed by atoms with Crippen LogP contribution in [0, 0.1) is 5.92 Å². The highest BCUT2D eigenvalue weighted by Gasteiger charge is 2.37. The van der Waals surface area contributed by atoms with E-state index in [0.29, 0.717) is 6.61 Å². The number of rotatable bonds is 3. The first kappa shape index (κ1) is 10.6. The number of aliphatic hydroxyl groups is 1. The zero-order valence-electron chi connectivity index (χ0n) is 9.31. The monoisotopic (exact) mass is 210 g/mol. The summed E-state index contributed by atoms with van der Waals surface area (Å²) in [5, 5.41) is 14.6. The van der Waals surface area contributed by atoms with E-state index in [1.54, 1.807) is 6.20 Å². The van der Waals surface area contributed by atoms with Crippen LogP contribution in [0.2, 0.25) is 0 Å². The van der Waals surface area contributed by atoms with E-state index < -0.39 is 5.60 Å². The van der Waals surface area contributed by atoms with Crippen LogP contribution in [-0.2, 0) is 16.9 Å². The minimum Gasteiger partial charge on any atom is -0.385 e. The van der Waals surface area contributed by atoms with E-state index in [1.165, 1.54) is 0 Å². The molecule has 0 amide bonds. The summed E-state index contributed by atoms with van der Waals surface area (Å²) in [6, 6.07) is 0. The van der Waals surface area contributed by atoms with Crippen molar-refractivity contribution in [2.24, 2.45) is 5.92 Å². The predicted octanol–water partition coefficient (Wildman–Crippen LogP) is 1.15. The van der Waals surface area contributed by atoms with Gasteiger partial charge in [-0.15, -0.1) is 0 Å². The molecule has 2 unspecified atom stereocenters. The molecule has 2 rings (SSSR count). The first-order valence-electron chi connectivity index (χ1n) is 5.47. The number of aromatic nitrogens is 2. The lowest BCUT2D eigenvalue weighted by Crippen LogP contribution is -2.31. The Morgan fingerprint density at radius 3 is 3.07 bits per heavy atom. The molecule has 0 aliphatic carbocycles. The first-order chi connectivity index (χ1) is 7.14. The number of hydrogen-bond acceptors (Lipinski definition) is 3. The molecule has 0 saturated carbocycles. The van der Waals surface area contributed by atoms with Crippen LogP contribution in [0.1, 0.15) is 25.8 Å². The van der Waals surface area contributed by atoms with Crippen molar-refractivity contribution < 1.29 is 9.84 Å². The van der Waals surface area contributed by atoms with Crippen molar-refractivity contribution in [2.45, 2.75) is 32.4 Å². The van der Waals surface area contributed by atoms with Gasteiger partial charge in [0.15, 0.2) is 0 Å². The second-order valence-corrected chi connectivity index (χ2v) is 4.29. The van der Waals surface area contributed by atoms with Gasteiger partial charge in [-0.05, 0) is 20.3 Å². The summed E-state index contributed by atoms with van der Waals surface area (Å²) in [6.45, 7) is 6.11. The van der Waals surface area contributed by atoms with Crippen molar-refractivity contribution in [2.75, 3.05) is 13.2 Å². The van der Waals surface area contributed by atoms with Gasteiger partial charge in [0.25, 0.3) is 0 Å². The molecule has 2 atom stereocenters. The molecule has 1 aliphatic heterocycles. The molecule has 84 valence electrons. The second-order valence-electron chi connectivity index (χ2n) is 4.29. The van der Waals surface area contributed by atoms with E-state index >= 15 is 0 Å². The van der Waals surface area contributed by atoms with Crippen molar-refractivity contribution in [1.82, 2.24) is 9.78 Å². The minimum atomic E-state index is -0.816. The molecule has 4 heteroatoms. The van der Waals surface area contributed by atoms with Crippen LogP contribution in [0.4, 0.5) is 0 Å². The van der Waals surface area contributed by atoms with Gasteiger partial charge in [-0.2, -0.15) is 5.10 Å². The van der Waals surface area contributed by atoms with Crippen molar-refractivity contribution in [3.8, 4) is 0 Å². The van der Waals surface area contributed by atoms with Crippen LogP contribution >= 0.6 is 0 Å². The highest BCUT2D eigenvalue weighted by Crippen LogP contribution is 2.34. The molecular weight excluding hydrogens is 192 g/mol. The van der Waals surface area contributed by atoms with Crippen LogP contribution < -0.4 is 0 Å². The highest BCUT2D eigenvalue weighted by atomic mass is 16.5. The van der Waals surface area contributed by atoms with E-state index in [-0.39, 0.29) is 5.92 Å². The summed E-state index contributed by atoms with van der Waals surface area (Å²) in [7, 11) is 0. The van der Waals surface area contributed by atoms with Gasteiger partial charge in [-0.3, -0.25) is 4.68 Å². The lowest BCUT2D eigenvalue weighted by molar-refractivity contribution is -0.00978. The topological polar surface area (TPSA) is 47.3 Å². The van der Waals surface area contributed by atoms with Crippen LogP contribution in [0.25, 0.3) is 0 Å². The zero-order chi connectivity index (χ0) is 10.9. The second kappa shape index (κ2) is 3.94. The fourth-order valence-corrected chi connectivity index (χ4v) is 2.01. The van der Waals surface area contributed by atoms with Gasteiger partial charge in [0.2, 0.25) is 0 Å². The molecule has 4 nitrogen and oxygen atoms in total. The third kappa shape index (κ3) is 1.92. The normalized spacial score (nSPS) is 25.4. The lowest BCUT2D eigenvalue weighted by Gasteiger charge is -2.27. The van der Waals surface area contributed by atoms with Gasteiger partial charge in [-0.1, -0.05) is 0 Å². The largest absolute Gasteiger partial charge is 0.385 e. The molecular formula is C11H18N2O2. The molecule has 1 aromatic rings. The summed E-state index contributed by atoms with van der Waals surface area (Å²) in [5.74, 6) is 0.187. The Balaban J connectivity index is 2.19. The molecule has 1 aliphatic rings. The zero-order valence-corrected chi connectivity index (χ0v) is 9.31. The summed E-state index contributed by atoms with van der Waals surface area (Å²) in [6.07, 6.45) is 4.59.